The number of nitrogens with one attached hydrogen (secondary N) is 2. The number of benzene rings is 1. The van der Waals surface area contributed by atoms with E-state index >= 15 is 0 Å². The molecule has 1 saturated heterocycles. The molecule has 17 heteroatoms. The van der Waals surface area contributed by atoms with Gasteiger partial charge in [0.2, 0.25) is 11.8 Å². The van der Waals surface area contributed by atoms with Gasteiger partial charge in [0.1, 0.15) is 30.7 Å². The third-order valence-electron chi connectivity index (χ3n) is 7.10. The zero-order chi connectivity index (χ0) is 35.1. The second-order valence-corrected chi connectivity index (χ2v) is 11.5. The van der Waals surface area contributed by atoms with Gasteiger partial charge in [-0.15, -0.1) is 11.3 Å². The Morgan fingerprint density at radius 3 is 2.32 bits per heavy atom. The zero-order valence-electron chi connectivity index (χ0n) is 27.3. The van der Waals surface area contributed by atoms with Crippen LogP contribution in [0.1, 0.15) is 46.6 Å². The number of methoxy groups -OCH3 is 2. The number of aromatic nitrogens is 1. The van der Waals surface area contributed by atoms with Gasteiger partial charge >= 0.3 is 29.7 Å². The van der Waals surface area contributed by atoms with Crippen molar-refractivity contribution in [3.63, 3.8) is 0 Å². The molecule has 2 aromatic rings. The standard InChI is InChI=1S/C30H39N3O13S/c1-9-41-21(13-42-16(4)35)25(44-18(6)37)26-23(32-15(3)34)24(43-17(5)36)14(2)30(46-26,29(38)40-8)45-19-10-11-20-22(12-19)47-28(33-20)27(31)39-7/h10-12,14,21,23-26,31H,9,13H2,1-8H3,(H,32,34)/t14-,21+,23+,24?,25+,26?,30+/m0/s1. The minimum atomic E-state index is -2.38. The topological polar surface area (TPSA) is 208 Å². The molecule has 258 valence electrons. The van der Waals surface area contributed by atoms with E-state index in [0.717, 1.165) is 32.3 Å². The van der Waals surface area contributed by atoms with Crippen molar-refractivity contribution in [2.75, 3.05) is 27.4 Å². The molecule has 1 aromatic carbocycles. The highest BCUT2D eigenvalue weighted by Crippen LogP contribution is 2.42. The SMILES string of the molecule is CCO[C@H](COC(C)=O)[C@@H](OC(C)=O)C1O[C@@](Oc2ccc3nc(C(=N)OC)sc3c2)(C(=O)OC)[C@@H](C)C(OC(C)=O)[C@H]1NC(C)=O. The number of rotatable bonds is 13. The van der Waals surface area contributed by atoms with Gasteiger partial charge in [0.25, 0.3) is 0 Å². The molecule has 0 saturated carbocycles. The van der Waals surface area contributed by atoms with Crippen molar-refractivity contribution in [1.82, 2.24) is 10.3 Å². The third-order valence-corrected chi connectivity index (χ3v) is 8.12. The first-order valence-electron chi connectivity index (χ1n) is 14.5. The molecular weight excluding hydrogens is 642 g/mol. The van der Waals surface area contributed by atoms with Gasteiger partial charge in [-0.25, -0.2) is 9.78 Å². The second-order valence-electron chi connectivity index (χ2n) is 10.5. The van der Waals surface area contributed by atoms with Crippen molar-refractivity contribution in [3.05, 3.63) is 23.2 Å². The molecule has 16 nitrogen and oxygen atoms in total. The van der Waals surface area contributed by atoms with Crippen molar-refractivity contribution in [2.24, 2.45) is 5.92 Å². The summed E-state index contributed by atoms with van der Waals surface area (Å²) in [6.45, 7) is 7.47. The van der Waals surface area contributed by atoms with Gasteiger partial charge in [-0.3, -0.25) is 24.6 Å². The van der Waals surface area contributed by atoms with Crippen molar-refractivity contribution in [3.8, 4) is 5.75 Å². The first-order chi connectivity index (χ1) is 22.2. The number of thiazole rings is 1. The molecule has 0 radical (unpaired) electrons. The molecule has 0 spiro atoms. The summed E-state index contributed by atoms with van der Waals surface area (Å²) < 4.78 is 45.9. The van der Waals surface area contributed by atoms with Crippen LogP contribution < -0.4 is 10.1 Å². The van der Waals surface area contributed by atoms with Gasteiger partial charge in [0.15, 0.2) is 11.1 Å². The van der Waals surface area contributed by atoms with Crippen LogP contribution >= 0.6 is 11.3 Å². The van der Waals surface area contributed by atoms with Crippen LogP contribution in [-0.2, 0) is 57.1 Å². The number of fused-ring (bicyclic) bond motifs is 1. The second kappa shape index (κ2) is 16.0. The molecule has 0 aliphatic carbocycles. The van der Waals surface area contributed by atoms with Gasteiger partial charge in [0, 0.05) is 34.3 Å². The lowest BCUT2D eigenvalue weighted by atomic mass is 9.80. The monoisotopic (exact) mass is 681 g/mol. The Balaban J connectivity index is 2.25. The summed E-state index contributed by atoms with van der Waals surface area (Å²) in [7, 11) is 2.45. The van der Waals surface area contributed by atoms with E-state index < -0.39 is 78.6 Å². The van der Waals surface area contributed by atoms with Crippen LogP contribution in [0.5, 0.6) is 5.75 Å². The average Bonchev–Trinajstić information content (AvgIpc) is 3.43. The summed E-state index contributed by atoms with van der Waals surface area (Å²) in [4.78, 5) is 67.4. The van der Waals surface area contributed by atoms with Crippen molar-refractivity contribution >= 4 is 57.2 Å². The highest BCUT2D eigenvalue weighted by atomic mass is 32.1. The van der Waals surface area contributed by atoms with Gasteiger partial charge in [-0.1, -0.05) is 6.92 Å². The summed E-state index contributed by atoms with van der Waals surface area (Å²) >= 11 is 1.14. The van der Waals surface area contributed by atoms with E-state index in [-0.39, 0.29) is 18.3 Å². The van der Waals surface area contributed by atoms with E-state index in [9.17, 15) is 24.0 Å². The van der Waals surface area contributed by atoms with Gasteiger partial charge in [-0.05, 0) is 25.1 Å². The van der Waals surface area contributed by atoms with Crippen LogP contribution in [-0.4, -0.2) is 104 Å². The zero-order valence-corrected chi connectivity index (χ0v) is 28.1. The maximum Gasteiger partial charge on any atom is 0.379 e. The summed E-state index contributed by atoms with van der Waals surface area (Å²) in [5, 5.41) is 10.9. The van der Waals surface area contributed by atoms with Crippen LogP contribution in [0.25, 0.3) is 10.2 Å². The number of ether oxygens (including phenoxy) is 8. The predicted molar refractivity (Wildman–Crippen MR) is 164 cm³/mol. The molecule has 7 atom stereocenters. The van der Waals surface area contributed by atoms with Gasteiger partial charge in [0.05, 0.1) is 36.4 Å². The largest absolute Gasteiger partial charge is 0.479 e. The van der Waals surface area contributed by atoms with Gasteiger partial charge < -0.3 is 43.2 Å². The average molecular weight is 682 g/mol. The summed E-state index contributed by atoms with van der Waals surface area (Å²) in [5.74, 6) is -7.43. The maximum absolute atomic E-state index is 13.8. The first-order valence-corrected chi connectivity index (χ1v) is 15.3. The lowest BCUT2D eigenvalue weighted by molar-refractivity contribution is -0.311. The van der Waals surface area contributed by atoms with Crippen LogP contribution in [0.3, 0.4) is 0 Å². The van der Waals surface area contributed by atoms with E-state index in [0.29, 0.717) is 15.2 Å². The molecule has 0 bridgehead atoms. The minimum absolute atomic E-state index is 0.0705. The molecule has 1 aromatic heterocycles. The Hall–Kier alpha value is -4.35. The molecule has 2 unspecified atom stereocenters. The molecule has 1 aliphatic heterocycles. The Kier molecular flexibility index (Phi) is 12.6. The molecule has 2 heterocycles. The van der Waals surface area contributed by atoms with E-state index in [1.807, 2.05) is 0 Å². The quantitative estimate of drug-likeness (QED) is 0.134. The lowest BCUT2D eigenvalue weighted by Crippen LogP contribution is -2.73. The molecule has 1 aliphatic rings. The fraction of sp³-hybridized carbons (Fsp3) is 0.567. The van der Waals surface area contributed by atoms with E-state index in [1.54, 1.807) is 19.1 Å². The number of carbonyl (C=O) groups excluding carboxylic acids is 5. The van der Waals surface area contributed by atoms with Crippen LogP contribution in [0, 0.1) is 11.3 Å². The molecule has 2 N–H and O–H groups in total. The molecule has 3 rings (SSSR count). The number of nitrogens with zero attached hydrogens (tertiary/aromatic N) is 1. The Morgan fingerprint density at radius 2 is 1.77 bits per heavy atom. The Bertz CT molecular complexity index is 1500. The molecule has 47 heavy (non-hydrogen) atoms. The highest BCUT2D eigenvalue weighted by molar-refractivity contribution is 7.20. The summed E-state index contributed by atoms with van der Waals surface area (Å²) in [6.07, 6.45) is -5.49. The summed E-state index contributed by atoms with van der Waals surface area (Å²) in [5.41, 5.74) is 0.519. The molecular formula is C30H39N3O13S. The Labute approximate surface area is 274 Å². The highest BCUT2D eigenvalue weighted by Gasteiger charge is 2.64. The number of esters is 4. The van der Waals surface area contributed by atoms with Gasteiger partial charge in [-0.2, -0.15) is 0 Å². The maximum atomic E-state index is 13.8. The number of hydrogen-bond donors (Lipinski definition) is 2. The fourth-order valence-corrected chi connectivity index (χ4v) is 6.12. The first kappa shape index (κ1) is 37.1. The Morgan fingerprint density at radius 1 is 1.06 bits per heavy atom. The van der Waals surface area contributed by atoms with E-state index in [1.165, 1.54) is 33.9 Å². The predicted octanol–water partition coefficient (Wildman–Crippen LogP) is 1.89. The normalized spacial score (nSPS) is 23.5. The number of carbonyl (C=O) groups is 5. The minimum Gasteiger partial charge on any atom is -0.479 e. The van der Waals surface area contributed by atoms with Crippen LogP contribution in [0.2, 0.25) is 0 Å². The van der Waals surface area contributed by atoms with Crippen molar-refractivity contribution < 1.29 is 61.9 Å². The van der Waals surface area contributed by atoms with E-state index in [2.05, 4.69) is 10.3 Å². The van der Waals surface area contributed by atoms with E-state index in [4.69, 9.17) is 43.3 Å². The van der Waals surface area contributed by atoms with Crippen LogP contribution in [0.15, 0.2) is 18.2 Å². The number of amides is 1. The fourth-order valence-electron chi connectivity index (χ4n) is 5.19. The lowest BCUT2D eigenvalue weighted by Gasteiger charge is -2.51. The molecule has 1 amide bonds. The third kappa shape index (κ3) is 8.72. The van der Waals surface area contributed by atoms with Crippen molar-refractivity contribution in [2.45, 2.75) is 77.8 Å². The number of hydrogen-bond acceptors (Lipinski definition) is 16. The summed E-state index contributed by atoms with van der Waals surface area (Å²) in [6, 6.07) is 3.41. The molecule has 1 fully saturated rings. The van der Waals surface area contributed by atoms with Crippen molar-refractivity contribution in [1.29, 1.82) is 5.41 Å². The smallest absolute Gasteiger partial charge is 0.379 e. The van der Waals surface area contributed by atoms with Crippen LogP contribution in [0.4, 0.5) is 0 Å².